The lowest BCUT2D eigenvalue weighted by Gasteiger charge is -2.09. The van der Waals surface area contributed by atoms with Crippen LogP contribution in [-0.4, -0.2) is 34.1 Å². The fourth-order valence-corrected chi connectivity index (χ4v) is 2.56. The van der Waals surface area contributed by atoms with E-state index in [0.717, 1.165) is 11.5 Å². The normalized spacial score (nSPS) is 11.6. The molecule has 1 unspecified atom stereocenters. The van der Waals surface area contributed by atoms with Crippen molar-refractivity contribution in [3.63, 3.8) is 0 Å². The zero-order valence-electron chi connectivity index (χ0n) is 13.3. The summed E-state index contributed by atoms with van der Waals surface area (Å²) < 4.78 is 22.9. The molecule has 1 heterocycles. The van der Waals surface area contributed by atoms with E-state index < -0.39 is 23.9 Å². The van der Waals surface area contributed by atoms with Crippen LogP contribution in [0.2, 0.25) is 0 Å². The predicted molar refractivity (Wildman–Crippen MR) is 90.1 cm³/mol. The SMILES string of the molecule is CC(O)CNC(=O)Nc1snc(OCc2ccccc2F)c1C(N)=O. The molecule has 8 nitrogen and oxygen atoms in total. The van der Waals surface area contributed by atoms with Crippen LogP contribution in [-0.2, 0) is 6.61 Å². The molecule has 1 aromatic carbocycles. The Labute approximate surface area is 147 Å². The molecule has 0 bridgehead atoms. The van der Waals surface area contributed by atoms with E-state index >= 15 is 0 Å². The number of anilines is 1. The summed E-state index contributed by atoms with van der Waals surface area (Å²) in [7, 11) is 0. The number of hydrogen-bond acceptors (Lipinski definition) is 6. The second kappa shape index (κ2) is 8.40. The van der Waals surface area contributed by atoms with Crippen LogP contribution in [0.1, 0.15) is 22.8 Å². The van der Waals surface area contributed by atoms with E-state index in [2.05, 4.69) is 15.0 Å². The van der Waals surface area contributed by atoms with Crippen molar-refractivity contribution in [3.8, 4) is 5.88 Å². The summed E-state index contributed by atoms with van der Waals surface area (Å²) in [5.41, 5.74) is 5.50. The van der Waals surface area contributed by atoms with Gasteiger partial charge in [0.15, 0.2) is 0 Å². The maximum atomic E-state index is 13.6. The average molecular weight is 368 g/mol. The molecule has 0 fully saturated rings. The first-order valence-corrected chi connectivity index (χ1v) is 8.04. The standard InChI is InChI=1S/C15H17FN4O4S/c1-8(21)6-18-15(23)19-14-11(12(17)22)13(20-25-14)24-7-9-4-2-3-5-10(9)16/h2-5,8,21H,6-7H2,1H3,(H2,17,22)(H2,18,19,23). The van der Waals surface area contributed by atoms with E-state index in [0.29, 0.717) is 0 Å². The largest absolute Gasteiger partial charge is 0.471 e. The third kappa shape index (κ3) is 5.13. The van der Waals surface area contributed by atoms with Crippen LogP contribution in [0.3, 0.4) is 0 Å². The Morgan fingerprint density at radius 2 is 2.16 bits per heavy atom. The number of ether oxygens (including phenoxy) is 1. The van der Waals surface area contributed by atoms with E-state index in [9.17, 15) is 14.0 Å². The van der Waals surface area contributed by atoms with Gasteiger partial charge in [0.2, 0.25) is 5.88 Å². The van der Waals surface area contributed by atoms with Gasteiger partial charge in [-0.05, 0) is 24.5 Å². The van der Waals surface area contributed by atoms with E-state index in [1.807, 2.05) is 0 Å². The van der Waals surface area contributed by atoms with Crippen LogP contribution in [0.25, 0.3) is 0 Å². The molecule has 25 heavy (non-hydrogen) atoms. The zero-order chi connectivity index (χ0) is 18.4. The topological polar surface area (TPSA) is 127 Å². The molecule has 0 saturated carbocycles. The Hall–Kier alpha value is -2.72. The van der Waals surface area contributed by atoms with Crippen LogP contribution < -0.4 is 21.1 Å². The van der Waals surface area contributed by atoms with Gasteiger partial charge in [-0.1, -0.05) is 18.2 Å². The van der Waals surface area contributed by atoms with Crippen molar-refractivity contribution in [2.24, 2.45) is 5.73 Å². The molecule has 0 aliphatic carbocycles. The summed E-state index contributed by atoms with van der Waals surface area (Å²) >= 11 is 0.802. The third-order valence-corrected chi connectivity index (χ3v) is 3.76. The van der Waals surface area contributed by atoms with Crippen LogP contribution in [0.15, 0.2) is 24.3 Å². The summed E-state index contributed by atoms with van der Waals surface area (Å²) in [6, 6.07) is 5.39. The number of carbonyl (C=O) groups excluding carboxylic acids is 2. The van der Waals surface area contributed by atoms with Crippen LogP contribution in [0.5, 0.6) is 5.88 Å². The Kier molecular flexibility index (Phi) is 6.25. The van der Waals surface area contributed by atoms with Crippen molar-refractivity contribution in [2.45, 2.75) is 19.6 Å². The fourth-order valence-electron chi connectivity index (χ4n) is 1.83. The molecule has 3 amide bonds. The number of amides is 3. The molecule has 134 valence electrons. The lowest BCUT2D eigenvalue weighted by Crippen LogP contribution is -2.34. The van der Waals surface area contributed by atoms with E-state index in [-0.39, 0.29) is 35.2 Å². The molecule has 0 radical (unpaired) electrons. The minimum absolute atomic E-state index is 0.0349. The van der Waals surface area contributed by atoms with Gasteiger partial charge < -0.3 is 20.9 Å². The van der Waals surface area contributed by atoms with Crippen molar-refractivity contribution in [3.05, 3.63) is 41.2 Å². The van der Waals surface area contributed by atoms with Gasteiger partial charge in [0.25, 0.3) is 5.91 Å². The number of hydrogen-bond donors (Lipinski definition) is 4. The number of carbonyl (C=O) groups is 2. The summed E-state index contributed by atoms with van der Waals surface area (Å²) in [5.74, 6) is -1.39. The number of primary amides is 1. The summed E-state index contributed by atoms with van der Waals surface area (Å²) in [6.45, 7) is 1.40. The smallest absolute Gasteiger partial charge is 0.320 e. The van der Waals surface area contributed by atoms with Crippen molar-refractivity contribution in [1.82, 2.24) is 9.69 Å². The van der Waals surface area contributed by atoms with E-state index in [1.54, 1.807) is 12.1 Å². The molecular weight excluding hydrogens is 351 g/mol. The quantitative estimate of drug-likeness (QED) is 0.588. The number of urea groups is 1. The van der Waals surface area contributed by atoms with Crippen LogP contribution >= 0.6 is 11.5 Å². The molecule has 0 aliphatic rings. The maximum absolute atomic E-state index is 13.6. The highest BCUT2D eigenvalue weighted by molar-refractivity contribution is 7.11. The summed E-state index contributed by atoms with van der Waals surface area (Å²) in [5, 5.41) is 14.1. The zero-order valence-corrected chi connectivity index (χ0v) is 14.1. The van der Waals surface area contributed by atoms with Gasteiger partial charge in [0.1, 0.15) is 23.0 Å². The lowest BCUT2D eigenvalue weighted by molar-refractivity contribution is 0.0996. The van der Waals surface area contributed by atoms with Gasteiger partial charge in [-0.25, -0.2) is 9.18 Å². The number of halogens is 1. The predicted octanol–water partition coefficient (Wildman–Crippen LogP) is 1.46. The summed E-state index contributed by atoms with van der Waals surface area (Å²) in [4.78, 5) is 23.4. The molecule has 10 heteroatoms. The number of nitrogens with zero attached hydrogens (tertiary/aromatic N) is 1. The van der Waals surface area contributed by atoms with Gasteiger partial charge in [0, 0.05) is 12.1 Å². The van der Waals surface area contributed by atoms with Crippen molar-refractivity contribution in [1.29, 1.82) is 0 Å². The van der Waals surface area contributed by atoms with Crippen molar-refractivity contribution >= 4 is 28.5 Å². The molecule has 1 atom stereocenters. The van der Waals surface area contributed by atoms with Crippen LogP contribution in [0, 0.1) is 5.82 Å². The second-order valence-corrected chi connectivity index (χ2v) is 5.89. The highest BCUT2D eigenvalue weighted by Gasteiger charge is 2.22. The van der Waals surface area contributed by atoms with E-state index in [4.69, 9.17) is 15.6 Å². The molecule has 0 saturated heterocycles. The minimum Gasteiger partial charge on any atom is -0.471 e. The number of aliphatic hydroxyl groups is 1. The molecule has 5 N–H and O–H groups in total. The Balaban J connectivity index is 2.09. The average Bonchev–Trinajstić information content (AvgIpc) is 2.95. The first kappa shape index (κ1) is 18.6. The first-order chi connectivity index (χ1) is 11.9. The number of aliphatic hydroxyl groups excluding tert-OH is 1. The Morgan fingerprint density at radius 1 is 1.44 bits per heavy atom. The molecule has 0 spiro atoms. The highest BCUT2D eigenvalue weighted by Crippen LogP contribution is 2.30. The van der Waals surface area contributed by atoms with E-state index in [1.165, 1.54) is 19.1 Å². The Morgan fingerprint density at radius 3 is 2.80 bits per heavy atom. The van der Waals surface area contributed by atoms with Crippen LogP contribution in [0.4, 0.5) is 14.2 Å². The molecule has 2 rings (SSSR count). The first-order valence-electron chi connectivity index (χ1n) is 7.27. The maximum Gasteiger partial charge on any atom is 0.320 e. The second-order valence-electron chi connectivity index (χ2n) is 5.12. The number of nitrogens with one attached hydrogen (secondary N) is 2. The van der Waals surface area contributed by atoms with Crippen molar-refractivity contribution < 1.29 is 23.8 Å². The minimum atomic E-state index is -0.844. The van der Waals surface area contributed by atoms with Gasteiger partial charge >= 0.3 is 6.03 Å². The third-order valence-electron chi connectivity index (χ3n) is 3.01. The fraction of sp³-hybridized carbons (Fsp3) is 0.267. The molecule has 2 aromatic rings. The summed E-state index contributed by atoms with van der Waals surface area (Å²) in [6.07, 6.45) is -0.720. The monoisotopic (exact) mass is 368 g/mol. The highest BCUT2D eigenvalue weighted by atomic mass is 32.1. The number of aromatic nitrogens is 1. The number of benzene rings is 1. The molecular formula is C15H17FN4O4S. The number of rotatable bonds is 7. The van der Waals surface area contributed by atoms with Gasteiger partial charge in [-0.15, -0.1) is 0 Å². The lowest BCUT2D eigenvalue weighted by atomic mass is 10.2. The van der Waals surface area contributed by atoms with Gasteiger partial charge in [0.05, 0.1) is 6.10 Å². The molecule has 1 aromatic heterocycles. The molecule has 0 aliphatic heterocycles. The Bertz CT molecular complexity index is 766. The van der Waals surface area contributed by atoms with Gasteiger partial charge in [-0.3, -0.25) is 10.1 Å². The van der Waals surface area contributed by atoms with Gasteiger partial charge in [-0.2, -0.15) is 4.37 Å². The number of nitrogens with two attached hydrogens (primary N) is 1. The van der Waals surface area contributed by atoms with Crippen molar-refractivity contribution in [2.75, 3.05) is 11.9 Å².